The van der Waals surface area contributed by atoms with Crippen LogP contribution in [0, 0.1) is 11.6 Å². The molecular weight excluding hydrogens is 330 g/mol. The quantitative estimate of drug-likeness (QED) is 0.900. The van der Waals surface area contributed by atoms with Gasteiger partial charge in [-0.3, -0.25) is 4.90 Å². The number of hydrogen-bond donors (Lipinski definition) is 1. The molecule has 1 aliphatic rings. The third-order valence-corrected chi connectivity index (χ3v) is 4.02. The SMILES string of the molecule is CC(c1ccc(F)c(F)c1)N1CCO[C@@H](CNC(=O)OC(C)(C)C)C1. The maximum atomic E-state index is 13.4. The normalized spacial score (nSPS) is 20.2. The molecule has 0 saturated carbocycles. The molecule has 1 aliphatic heterocycles. The number of amides is 1. The van der Waals surface area contributed by atoms with Gasteiger partial charge in [-0.25, -0.2) is 13.6 Å². The zero-order valence-corrected chi connectivity index (χ0v) is 15.1. The number of carbonyl (C=O) groups is 1. The Morgan fingerprint density at radius 2 is 2.12 bits per heavy atom. The molecule has 2 atom stereocenters. The predicted octanol–water partition coefficient (Wildman–Crippen LogP) is 3.25. The van der Waals surface area contributed by atoms with Crippen molar-refractivity contribution in [2.75, 3.05) is 26.2 Å². The molecule has 2 rings (SSSR count). The molecule has 1 N–H and O–H groups in total. The van der Waals surface area contributed by atoms with E-state index in [0.717, 1.165) is 6.07 Å². The highest BCUT2D eigenvalue weighted by Gasteiger charge is 2.26. The highest BCUT2D eigenvalue weighted by molar-refractivity contribution is 5.67. The summed E-state index contributed by atoms with van der Waals surface area (Å²) in [6.45, 7) is 9.44. The first-order chi connectivity index (χ1) is 11.7. The van der Waals surface area contributed by atoms with E-state index >= 15 is 0 Å². The maximum absolute atomic E-state index is 13.4. The molecule has 1 heterocycles. The minimum Gasteiger partial charge on any atom is -0.444 e. The van der Waals surface area contributed by atoms with Crippen LogP contribution >= 0.6 is 0 Å². The van der Waals surface area contributed by atoms with Crippen molar-refractivity contribution >= 4 is 6.09 Å². The van der Waals surface area contributed by atoms with E-state index in [9.17, 15) is 13.6 Å². The first-order valence-corrected chi connectivity index (χ1v) is 8.43. The highest BCUT2D eigenvalue weighted by Crippen LogP contribution is 2.24. The first-order valence-electron chi connectivity index (χ1n) is 8.43. The van der Waals surface area contributed by atoms with Gasteiger partial charge in [0.2, 0.25) is 0 Å². The number of rotatable bonds is 4. The zero-order chi connectivity index (χ0) is 18.6. The molecule has 1 aromatic rings. The first kappa shape index (κ1) is 19.6. The van der Waals surface area contributed by atoms with Crippen LogP contribution in [0.4, 0.5) is 13.6 Å². The summed E-state index contributed by atoms with van der Waals surface area (Å²) in [5.41, 5.74) is 0.157. The second-order valence-corrected chi connectivity index (χ2v) is 7.22. The van der Waals surface area contributed by atoms with Gasteiger partial charge in [0.15, 0.2) is 11.6 Å². The summed E-state index contributed by atoms with van der Waals surface area (Å²) in [4.78, 5) is 13.9. The van der Waals surface area contributed by atoms with E-state index in [-0.39, 0.29) is 12.1 Å². The summed E-state index contributed by atoms with van der Waals surface area (Å²) >= 11 is 0. The van der Waals surface area contributed by atoms with Crippen LogP contribution in [0.5, 0.6) is 0 Å². The average Bonchev–Trinajstić information content (AvgIpc) is 2.53. The van der Waals surface area contributed by atoms with E-state index in [0.29, 0.717) is 31.8 Å². The Kier molecular flexibility index (Phi) is 6.35. The molecule has 140 valence electrons. The van der Waals surface area contributed by atoms with E-state index in [1.54, 1.807) is 26.8 Å². The van der Waals surface area contributed by atoms with E-state index in [2.05, 4.69) is 10.2 Å². The molecule has 5 nitrogen and oxygen atoms in total. The standard InChI is InChI=1S/C18H26F2N2O3/c1-12(13-5-6-15(19)16(20)9-13)22-7-8-24-14(11-22)10-21-17(23)25-18(2,3)4/h5-6,9,12,14H,7-8,10-11H2,1-4H3,(H,21,23)/t12?,14-/m0/s1. The molecule has 0 radical (unpaired) electrons. The maximum Gasteiger partial charge on any atom is 0.407 e. The van der Waals surface area contributed by atoms with Gasteiger partial charge in [-0.05, 0) is 45.4 Å². The summed E-state index contributed by atoms with van der Waals surface area (Å²) in [5.74, 6) is -1.70. The topological polar surface area (TPSA) is 50.8 Å². The average molecular weight is 356 g/mol. The smallest absolute Gasteiger partial charge is 0.407 e. The van der Waals surface area contributed by atoms with Crippen LogP contribution in [0.1, 0.15) is 39.3 Å². The number of carbonyl (C=O) groups excluding carboxylic acids is 1. The van der Waals surface area contributed by atoms with Crippen LogP contribution in [0.15, 0.2) is 18.2 Å². The van der Waals surface area contributed by atoms with Gasteiger partial charge in [-0.1, -0.05) is 6.07 Å². The Morgan fingerprint density at radius 3 is 2.76 bits per heavy atom. The molecular formula is C18H26F2N2O3. The lowest BCUT2D eigenvalue weighted by Crippen LogP contribution is -2.48. The van der Waals surface area contributed by atoms with Gasteiger partial charge in [-0.2, -0.15) is 0 Å². The van der Waals surface area contributed by atoms with Gasteiger partial charge < -0.3 is 14.8 Å². The Bertz CT molecular complexity index is 604. The number of alkyl carbamates (subject to hydrolysis) is 1. The Hall–Kier alpha value is -1.73. The molecule has 25 heavy (non-hydrogen) atoms. The molecule has 0 aromatic heterocycles. The van der Waals surface area contributed by atoms with E-state index < -0.39 is 23.3 Å². The predicted molar refractivity (Wildman–Crippen MR) is 90.3 cm³/mol. The van der Waals surface area contributed by atoms with Crippen molar-refractivity contribution in [3.8, 4) is 0 Å². The molecule has 1 aromatic carbocycles. The fraction of sp³-hybridized carbons (Fsp3) is 0.611. The number of benzene rings is 1. The van der Waals surface area contributed by atoms with Crippen LogP contribution in [0.2, 0.25) is 0 Å². The number of hydrogen-bond acceptors (Lipinski definition) is 4. The zero-order valence-electron chi connectivity index (χ0n) is 15.1. The van der Waals surface area contributed by atoms with Crippen molar-refractivity contribution in [3.63, 3.8) is 0 Å². The van der Waals surface area contributed by atoms with Crippen LogP contribution < -0.4 is 5.32 Å². The molecule has 0 bridgehead atoms. The van der Waals surface area contributed by atoms with Crippen LogP contribution in [-0.4, -0.2) is 48.9 Å². The highest BCUT2D eigenvalue weighted by atomic mass is 19.2. The van der Waals surface area contributed by atoms with Crippen molar-refractivity contribution in [1.29, 1.82) is 0 Å². The summed E-state index contributed by atoms with van der Waals surface area (Å²) in [7, 11) is 0. The third-order valence-electron chi connectivity index (χ3n) is 4.02. The Balaban J connectivity index is 1.89. The van der Waals surface area contributed by atoms with Gasteiger partial charge in [-0.15, -0.1) is 0 Å². The largest absolute Gasteiger partial charge is 0.444 e. The lowest BCUT2D eigenvalue weighted by Gasteiger charge is -2.37. The fourth-order valence-corrected chi connectivity index (χ4v) is 2.71. The summed E-state index contributed by atoms with van der Waals surface area (Å²) in [5, 5.41) is 2.70. The number of nitrogens with one attached hydrogen (secondary N) is 1. The fourth-order valence-electron chi connectivity index (χ4n) is 2.71. The third kappa shape index (κ3) is 5.93. The lowest BCUT2D eigenvalue weighted by atomic mass is 10.1. The second kappa shape index (κ2) is 8.10. The minimum absolute atomic E-state index is 0.0805. The second-order valence-electron chi connectivity index (χ2n) is 7.22. The van der Waals surface area contributed by atoms with E-state index in [1.165, 1.54) is 6.07 Å². The minimum atomic E-state index is -0.850. The summed E-state index contributed by atoms with van der Waals surface area (Å²) in [6, 6.07) is 3.88. The molecule has 1 saturated heterocycles. The molecule has 7 heteroatoms. The van der Waals surface area contributed by atoms with Crippen LogP contribution in [0.25, 0.3) is 0 Å². The molecule has 1 amide bonds. The number of halogens is 2. The molecule has 0 aliphatic carbocycles. The summed E-state index contributed by atoms with van der Waals surface area (Å²) in [6.07, 6.45) is -0.670. The van der Waals surface area contributed by atoms with Crippen molar-refractivity contribution in [2.24, 2.45) is 0 Å². The van der Waals surface area contributed by atoms with Gasteiger partial charge >= 0.3 is 6.09 Å². The van der Waals surface area contributed by atoms with E-state index in [4.69, 9.17) is 9.47 Å². The van der Waals surface area contributed by atoms with Crippen molar-refractivity contribution < 1.29 is 23.0 Å². The Labute approximate surface area is 147 Å². The van der Waals surface area contributed by atoms with Gasteiger partial charge in [0.05, 0.1) is 12.7 Å². The van der Waals surface area contributed by atoms with Crippen molar-refractivity contribution in [1.82, 2.24) is 10.2 Å². The number of morpholine rings is 1. The van der Waals surface area contributed by atoms with Gasteiger partial charge in [0, 0.05) is 25.7 Å². The molecule has 0 spiro atoms. The monoisotopic (exact) mass is 356 g/mol. The summed E-state index contributed by atoms with van der Waals surface area (Å²) < 4.78 is 37.4. The Morgan fingerprint density at radius 1 is 1.40 bits per heavy atom. The molecule has 1 fully saturated rings. The van der Waals surface area contributed by atoms with Crippen LogP contribution in [0.3, 0.4) is 0 Å². The van der Waals surface area contributed by atoms with Gasteiger partial charge in [0.1, 0.15) is 5.60 Å². The number of ether oxygens (including phenoxy) is 2. The molecule has 1 unspecified atom stereocenters. The number of nitrogens with zero attached hydrogens (tertiary/aromatic N) is 1. The van der Waals surface area contributed by atoms with E-state index in [1.807, 2.05) is 6.92 Å². The van der Waals surface area contributed by atoms with Crippen molar-refractivity contribution in [3.05, 3.63) is 35.4 Å². The van der Waals surface area contributed by atoms with Gasteiger partial charge in [0.25, 0.3) is 0 Å². The lowest BCUT2D eigenvalue weighted by molar-refractivity contribution is -0.0410. The van der Waals surface area contributed by atoms with Crippen molar-refractivity contribution in [2.45, 2.75) is 45.4 Å². The van der Waals surface area contributed by atoms with Crippen LogP contribution in [-0.2, 0) is 9.47 Å².